The minimum absolute atomic E-state index is 0.0258. The van der Waals surface area contributed by atoms with Gasteiger partial charge < -0.3 is 30.3 Å². The molecule has 1 aliphatic rings. The molecule has 0 aliphatic heterocycles. The molecule has 0 fully saturated rings. The summed E-state index contributed by atoms with van der Waals surface area (Å²) in [6.45, 7) is -0.760. The van der Waals surface area contributed by atoms with Crippen LogP contribution in [0.25, 0.3) is 0 Å². The standard InChI is InChI=1S/C10H6O2.C6H12O6/c11-9-5-6-10(12)8-4-2-1-3-7(8)9;7-1-3(9)5(11)6(12)4(10)2-8/h1-6H;1,3-6,8-12H,2H2. The van der Waals surface area contributed by atoms with Crippen LogP contribution in [0.2, 0.25) is 0 Å². The van der Waals surface area contributed by atoms with Gasteiger partial charge in [0.2, 0.25) is 0 Å². The predicted octanol–water partition coefficient (Wildman–Crippen LogP) is -1.76. The second kappa shape index (κ2) is 9.16. The molecule has 0 saturated heterocycles. The topological polar surface area (TPSA) is 152 Å². The number of hydrogen-bond donors (Lipinski definition) is 5. The molecule has 4 unspecified atom stereocenters. The van der Waals surface area contributed by atoms with Crippen LogP contribution in [0.1, 0.15) is 20.7 Å². The second-order valence-corrected chi connectivity index (χ2v) is 4.97. The molecule has 0 spiro atoms. The molecule has 2 rings (SSSR count). The van der Waals surface area contributed by atoms with Crippen molar-refractivity contribution in [1.82, 2.24) is 0 Å². The maximum atomic E-state index is 11.2. The maximum Gasteiger partial charge on any atom is 0.186 e. The van der Waals surface area contributed by atoms with Gasteiger partial charge in [0.05, 0.1) is 6.61 Å². The largest absolute Gasteiger partial charge is 0.394 e. The summed E-state index contributed by atoms with van der Waals surface area (Å²) in [5.41, 5.74) is 1.01. The number of allylic oxidation sites excluding steroid dienone is 2. The van der Waals surface area contributed by atoms with Crippen LogP contribution in [-0.4, -0.2) is 74.4 Å². The van der Waals surface area contributed by atoms with Gasteiger partial charge in [-0.3, -0.25) is 9.59 Å². The smallest absolute Gasteiger partial charge is 0.186 e. The van der Waals surface area contributed by atoms with E-state index in [2.05, 4.69) is 0 Å². The summed E-state index contributed by atoms with van der Waals surface area (Å²) in [6.07, 6.45) is -4.22. The molecule has 0 aromatic heterocycles. The molecule has 1 aliphatic carbocycles. The Morgan fingerprint density at radius 3 is 1.71 bits per heavy atom. The number of hydrogen-bond acceptors (Lipinski definition) is 8. The first-order chi connectivity index (χ1) is 11.3. The first kappa shape index (κ1) is 19.8. The normalized spacial score (nSPS) is 17.9. The molecule has 0 saturated carbocycles. The van der Waals surface area contributed by atoms with E-state index in [1.807, 2.05) is 0 Å². The summed E-state index contributed by atoms with van der Waals surface area (Å²) in [7, 11) is 0. The van der Waals surface area contributed by atoms with E-state index < -0.39 is 31.0 Å². The Bertz CT molecular complexity index is 587. The zero-order valence-corrected chi connectivity index (χ0v) is 12.5. The first-order valence-electron chi connectivity index (χ1n) is 6.97. The number of aliphatic hydroxyl groups excluding tert-OH is 5. The van der Waals surface area contributed by atoms with Gasteiger partial charge in [-0.15, -0.1) is 0 Å². The third-order valence-corrected chi connectivity index (χ3v) is 3.26. The molecule has 24 heavy (non-hydrogen) atoms. The number of benzene rings is 1. The third kappa shape index (κ3) is 4.88. The zero-order chi connectivity index (χ0) is 18.3. The number of fused-ring (bicyclic) bond motifs is 1. The highest BCUT2D eigenvalue weighted by molar-refractivity contribution is 6.21. The Morgan fingerprint density at radius 1 is 0.875 bits per heavy atom. The van der Waals surface area contributed by atoms with Gasteiger partial charge in [-0.25, -0.2) is 0 Å². The van der Waals surface area contributed by atoms with Crippen LogP contribution in [0.15, 0.2) is 36.4 Å². The zero-order valence-electron chi connectivity index (χ0n) is 12.5. The summed E-state index contributed by atoms with van der Waals surface area (Å²) >= 11 is 0. The average molecular weight is 338 g/mol. The van der Waals surface area contributed by atoms with E-state index in [0.717, 1.165) is 0 Å². The number of carbonyl (C=O) groups is 3. The van der Waals surface area contributed by atoms with E-state index >= 15 is 0 Å². The van der Waals surface area contributed by atoms with Gasteiger partial charge in [0.25, 0.3) is 0 Å². The van der Waals surface area contributed by atoms with Crippen LogP contribution in [0, 0.1) is 0 Å². The van der Waals surface area contributed by atoms with Crippen molar-refractivity contribution in [3.63, 3.8) is 0 Å². The summed E-state index contributed by atoms with van der Waals surface area (Å²) < 4.78 is 0. The molecular weight excluding hydrogens is 320 g/mol. The second-order valence-electron chi connectivity index (χ2n) is 4.97. The van der Waals surface area contributed by atoms with E-state index in [1.54, 1.807) is 24.3 Å². The predicted molar refractivity (Wildman–Crippen MR) is 81.4 cm³/mol. The average Bonchev–Trinajstić information content (AvgIpc) is 2.62. The van der Waals surface area contributed by atoms with Crippen molar-refractivity contribution in [1.29, 1.82) is 0 Å². The molecule has 0 radical (unpaired) electrons. The van der Waals surface area contributed by atoms with E-state index in [9.17, 15) is 14.4 Å². The van der Waals surface area contributed by atoms with Crippen molar-refractivity contribution in [2.24, 2.45) is 0 Å². The van der Waals surface area contributed by atoms with Crippen molar-refractivity contribution in [2.75, 3.05) is 6.61 Å². The lowest BCUT2D eigenvalue weighted by molar-refractivity contribution is -0.136. The van der Waals surface area contributed by atoms with E-state index in [4.69, 9.17) is 25.5 Å². The third-order valence-electron chi connectivity index (χ3n) is 3.26. The quantitative estimate of drug-likeness (QED) is 0.396. The molecule has 0 amide bonds. The molecule has 8 nitrogen and oxygen atoms in total. The van der Waals surface area contributed by atoms with Crippen LogP contribution in [0.4, 0.5) is 0 Å². The minimum atomic E-state index is -1.79. The van der Waals surface area contributed by atoms with Gasteiger partial charge in [0.15, 0.2) is 17.9 Å². The summed E-state index contributed by atoms with van der Waals surface area (Å²) in [5.74, 6) is -0.185. The van der Waals surface area contributed by atoms with Crippen molar-refractivity contribution in [2.45, 2.75) is 24.4 Å². The van der Waals surface area contributed by atoms with E-state index in [1.165, 1.54) is 12.2 Å². The fraction of sp³-hybridized carbons (Fsp3) is 0.312. The lowest BCUT2D eigenvalue weighted by Gasteiger charge is -2.22. The Morgan fingerprint density at radius 2 is 1.33 bits per heavy atom. The number of aliphatic hydroxyl groups is 5. The Kier molecular flexibility index (Phi) is 7.56. The van der Waals surface area contributed by atoms with Crippen LogP contribution in [0.5, 0.6) is 0 Å². The van der Waals surface area contributed by atoms with Crippen LogP contribution >= 0.6 is 0 Å². The van der Waals surface area contributed by atoms with Gasteiger partial charge in [-0.05, 0) is 12.2 Å². The van der Waals surface area contributed by atoms with E-state index in [-0.39, 0.29) is 17.9 Å². The number of carbonyl (C=O) groups excluding carboxylic acids is 3. The summed E-state index contributed by atoms with van der Waals surface area (Å²) in [5, 5.41) is 43.5. The van der Waals surface area contributed by atoms with Crippen molar-refractivity contribution < 1.29 is 39.9 Å². The Labute approximate surface area is 137 Å². The van der Waals surface area contributed by atoms with Gasteiger partial charge in [-0.2, -0.15) is 0 Å². The molecule has 130 valence electrons. The number of aldehydes is 1. The molecule has 1 aromatic rings. The number of rotatable bonds is 5. The lowest BCUT2D eigenvalue weighted by Crippen LogP contribution is -2.46. The Hall–Kier alpha value is -2.23. The van der Waals surface area contributed by atoms with Gasteiger partial charge >= 0.3 is 0 Å². The molecule has 5 N–H and O–H groups in total. The fourth-order valence-corrected chi connectivity index (χ4v) is 1.86. The number of ketones is 2. The van der Waals surface area contributed by atoms with Crippen LogP contribution in [-0.2, 0) is 4.79 Å². The van der Waals surface area contributed by atoms with Crippen LogP contribution < -0.4 is 0 Å². The van der Waals surface area contributed by atoms with Gasteiger partial charge in [-0.1, -0.05) is 24.3 Å². The summed E-state index contributed by atoms with van der Waals surface area (Å²) in [6, 6.07) is 6.84. The molecular formula is C16H18O8. The van der Waals surface area contributed by atoms with Crippen molar-refractivity contribution in [3.05, 3.63) is 47.5 Å². The van der Waals surface area contributed by atoms with Crippen LogP contribution in [0.3, 0.4) is 0 Å². The fourth-order valence-electron chi connectivity index (χ4n) is 1.86. The highest BCUT2D eigenvalue weighted by atomic mass is 16.4. The molecule has 4 atom stereocenters. The Balaban J connectivity index is 0.000000240. The highest BCUT2D eigenvalue weighted by Gasteiger charge is 2.29. The monoisotopic (exact) mass is 338 g/mol. The first-order valence-corrected chi connectivity index (χ1v) is 6.97. The molecule has 0 heterocycles. The molecule has 8 heteroatoms. The van der Waals surface area contributed by atoms with Crippen molar-refractivity contribution >= 4 is 17.9 Å². The van der Waals surface area contributed by atoms with E-state index in [0.29, 0.717) is 11.1 Å². The SMILES string of the molecule is O=C1C=CC(=O)c2ccccc21.O=CC(O)C(O)C(O)C(O)CO. The van der Waals surface area contributed by atoms with Gasteiger partial charge in [0.1, 0.15) is 24.4 Å². The highest BCUT2D eigenvalue weighted by Crippen LogP contribution is 2.15. The molecule has 0 bridgehead atoms. The summed E-state index contributed by atoms with van der Waals surface area (Å²) in [4.78, 5) is 32.3. The maximum absolute atomic E-state index is 11.2. The lowest BCUT2D eigenvalue weighted by atomic mass is 9.95. The van der Waals surface area contributed by atoms with Gasteiger partial charge in [0, 0.05) is 11.1 Å². The van der Waals surface area contributed by atoms with Crippen molar-refractivity contribution in [3.8, 4) is 0 Å². The molecule has 1 aromatic carbocycles. The minimum Gasteiger partial charge on any atom is -0.394 e.